The maximum absolute atomic E-state index is 11.7. The number of nitrogens with zero attached hydrogens (tertiary/aromatic N) is 2. The van der Waals surface area contributed by atoms with Crippen molar-refractivity contribution in [1.29, 1.82) is 0 Å². The number of carboxylic acid groups (broad SMARTS) is 1. The SMILES string of the molecule is CCc1nnc(NC(=O)NC2(C(=O)O)CCC2)s1. The number of carboxylic acids is 1. The lowest BCUT2D eigenvalue weighted by atomic mass is 9.77. The van der Waals surface area contributed by atoms with E-state index in [4.69, 9.17) is 5.11 Å². The van der Waals surface area contributed by atoms with Crippen LogP contribution >= 0.6 is 11.3 Å². The van der Waals surface area contributed by atoms with Gasteiger partial charge in [-0.3, -0.25) is 5.32 Å². The molecule has 1 aromatic heterocycles. The molecule has 0 unspecified atom stereocenters. The molecule has 1 heterocycles. The zero-order valence-corrected chi connectivity index (χ0v) is 10.7. The molecule has 2 rings (SSSR count). The molecule has 0 spiro atoms. The summed E-state index contributed by atoms with van der Waals surface area (Å²) in [5.41, 5.74) is -1.11. The third-order valence-corrected chi connectivity index (χ3v) is 3.94. The fourth-order valence-electron chi connectivity index (χ4n) is 1.72. The van der Waals surface area contributed by atoms with Crippen LogP contribution < -0.4 is 10.6 Å². The van der Waals surface area contributed by atoms with E-state index in [1.54, 1.807) is 0 Å². The molecule has 0 atom stereocenters. The average Bonchev–Trinajstić information content (AvgIpc) is 2.70. The smallest absolute Gasteiger partial charge is 0.329 e. The van der Waals surface area contributed by atoms with Gasteiger partial charge in [-0.1, -0.05) is 18.3 Å². The van der Waals surface area contributed by atoms with Crippen molar-refractivity contribution in [3.8, 4) is 0 Å². The fourth-order valence-corrected chi connectivity index (χ4v) is 2.39. The van der Waals surface area contributed by atoms with E-state index in [0.29, 0.717) is 18.0 Å². The van der Waals surface area contributed by atoms with Crippen molar-refractivity contribution >= 4 is 28.5 Å². The molecule has 7 nitrogen and oxygen atoms in total. The fraction of sp³-hybridized carbons (Fsp3) is 0.600. The monoisotopic (exact) mass is 270 g/mol. The van der Waals surface area contributed by atoms with E-state index in [2.05, 4.69) is 20.8 Å². The van der Waals surface area contributed by atoms with Crippen LogP contribution in [0.1, 0.15) is 31.2 Å². The zero-order valence-electron chi connectivity index (χ0n) is 9.89. The van der Waals surface area contributed by atoms with Gasteiger partial charge in [-0.25, -0.2) is 9.59 Å². The predicted molar refractivity (Wildman–Crippen MR) is 65.7 cm³/mol. The van der Waals surface area contributed by atoms with E-state index in [1.165, 1.54) is 11.3 Å². The maximum atomic E-state index is 11.7. The lowest BCUT2D eigenvalue weighted by molar-refractivity contribution is -0.148. The van der Waals surface area contributed by atoms with Crippen LogP contribution in [0.4, 0.5) is 9.93 Å². The Bertz CT molecular complexity index is 469. The van der Waals surface area contributed by atoms with Crippen molar-refractivity contribution in [2.24, 2.45) is 0 Å². The topological polar surface area (TPSA) is 104 Å². The summed E-state index contributed by atoms with van der Waals surface area (Å²) in [7, 11) is 0. The normalized spacial score (nSPS) is 16.7. The van der Waals surface area contributed by atoms with Crippen LogP contribution in [0.25, 0.3) is 0 Å². The summed E-state index contributed by atoms with van der Waals surface area (Å²) in [5, 5.41) is 22.9. The Morgan fingerprint density at radius 1 is 1.44 bits per heavy atom. The molecular weight excluding hydrogens is 256 g/mol. The van der Waals surface area contributed by atoms with Gasteiger partial charge in [-0.2, -0.15) is 0 Å². The van der Waals surface area contributed by atoms with Gasteiger partial charge in [-0.05, 0) is 25.7 Å². The molecule has 0 saturated heterocycles. The van der Waals surface area contributed by atoms with Gasteiger partial charge < -0.3 is 10.4 Å². The minimum atomic E-state index is -1.11. The number of aromatic nitrogens is 2. The minimum Gasteiger partial charge on any atom is -0.480 e. The lowest BCUT2D eigenvalue weighted by Gasteiger charge is -2.37. The third-order valence-electron chi connectivity index (χ3n) is 2.96. The second-order valence-corrected chi connectivity index (χ2v) is 5.24. The molecule has 98 valence electrons. The van der Waals surface area contributed by atoms with Gasteiger partial charge in [-0.15, -0.1) is 10.2 Å². The summed E-state index contributed by atoms with van der Waals surface area (Å²) in [6.45, 7) is 1.94. The highest BCUT2D eigenvalue weighted by Gasteiger charge is 2.45. The van der Waals surface area contributed by atoms with E-state index >= 15 is 0 Å². The van der Waals surface area contributed by atoms with E-state index in [1.807, 2.05) is 6.92 Å². The van der Waals surface area contributed by atoms with Crippen molar-refractivity contribution in [1.82, 2.24) is 15.5 Å². The maximum Gasteiger partial charge on any atom is 0.329 e. The molecule has 1 aromatic rings. The van der Waals surface area contributed by atoms with Crippen LogP contribution in [-0.4, -0.2) is 32.8 Å². The number of hydrogen-bond acceptors (Lipinski definition) is 5. The quantitative estimate of drug-likeness (QED) is 0.763. The molecule has 1 fully saturated rings. The summed E-state index contributed by atoms with van der Waals surface area (Å²) in [5.74, 6) is -0.990. The molecule has 0 bridgehead atoms. The summed E-state index contributed by atoms with van der Waals surface area (Å²) in [6.07, 6.45) is 2.49. The molecule has 1 aliphatic carbocycles. The zero-order chi connectivity index (χ0) is 13.2. The first kappa shape index (κ1) is 12.7. The number of aliphatic carboxylic acids is 1. The number of anilines is 1. The molecule has 0 aliphatic heterocycles. The Balaban J connectivity index is 1.94. The molecule has 18 heavy (non-hydrogen) atoms. The number of rotatable bonds is 4. The third kappa shape index (κ3) is 2.42. The number of carbonyl (C=O) groups is 2. The number of nitrogens with one attached hydrogen (secondary N) is 2. The Kier molecular flexibility index (Phi) is 3.46. The Morgan fingerprint density at radius 3 is 2.61 bits per heavy atom. The standard InChI is InChI=1S/C10H14N4O3S/c1-2-6-13-14-9(18-6)11-8(17)12-10(7(15)16)4-3-5-10/h2-5H2,1H3,(H,15,16)(H2,11,12,14,17). The van der Waals surface area contributed by atoms with Gasteiger partial charge in [0.1, 0.15) is 10.5 Å². The van der Waals surface area contributed by atoms with Crippen molar-refractivity contribution in [2.75, 3.05) is 5.32 Å². The van der Waals surface area contributed by atoms with Gasteiger partial charge in [0, 0.05) is 0 Å². The molecule has 1 saturated carbocycles. The van der Waals surface area contributed by atoms with Crippen LogP contribution in [0.3, 0.4) is 0 Å². The summed E-state index contributed by atoms with van der Waals surface area (Å²) in [4.78, 5) is 22.8. The lowest BCUT2D eigenvalue weighted by Crippen LogP contribution is -2.60. The highest BCUT2D eigenvalue weighted by Crippen LogP contribution is 2.32. The molecule has 1 aliphatic rings. The van der Waals surface area contributed by atoms with E-state index in [-0.39, 0.29) is 0 Å². The number of hydrogen-bond donors (Lipinski definition) is 3. The van der Waals surface area contributed by atoms with E-state index < -0.39 is 17.5 Å². The summed E-state index contributed by atoms with van der Waals surface area (Å²) >= 11 is 1.28. The largest absolute Gasteiger partial charge is 0.480 e. The van der Waals surface area contributed by atoms with Crippen molar-refractivity contribution < 1.29 is 14.7 Å². The van der Waals surface area contributed by atoms with Gasteiger partial charge in [0.15, 0.2) is 0 Å². The number of carbonyl (C=O) groups excluding carboxylic acids is 1. The Hall–Kier alpha value is -1.70. The van der Waals surface area contributed by atoms with Crippen molar-refractivity contribution in [3.05, 3.63) is 5.01 Å². The van der Waals surface area contributed by atoms with Crippen molar-refractivity contribution in [3.63, 3.8) is 0 Å². The van der Waals surface area contributed by atoms with Crippen LogP contribution in [0, 0.1) is 0 Å². The number of aryl methyl sites for hydroxylation is 1. The Morgan fingerprint density at radius 2 is 2.17 bits per heavy atom. The van der Waals surface area contributed by atoms with Crippen LogP contribution in [-0.2, 0) is 11.2 Å². The van der Waals surface area contributed by atoms with Gasteiger partial charge in [0.2, 0.25) is 5.13 Å². The van der Waals surface area contributed by atoms with E-state index in [9.17, 15) is 9.59 Å². The summed E-state index contributed by atoms with van der Waals surface area (Å²) < 4.78 is 0. The van der Waals surface area contributed by atoms with Crippen LogP contribution in [0.5, 0.6) is 0 Å². The highest BCUT2D eigenvalue weighted by molar-refractivity contribution is 7.15. The summed E-state index contributed by atoms with van der Waals surface area (Å²) in [6, 6.07) is -0.545. The molecule has 8 heteroatoms. The van der Waals surface area contributed by atoms with Crippen LogP contribution in [0.2, 0.25) is 0 Å². The van der Waals surface area contributed by atoms with Crippen molar-refractivity contribution in [2.45, 2.75) is 38.1 Å². The first-order valence-corrected chi connectivity index (χ1v) is 6.52. The van der Waals surface area contributed by atoms with Gasteiger partial charge >= 0.3 is 12.0 Å². The Labute approximate surface area is 108 Å². The molecule has 2 amide bonds. The molecule has 3 N–H and O–H groups in total. The first-order chi connectivity index (χ1) is 8.55. The highest BCUT2D eigenvalue weighted by atomic mass is 32.1. The molecule has 0 aromatic carbocycles. The minimum absolute atomic E-state index is 0.379. The number of amides is 2. The number of urea groups is 1. The predicted octanol–water partition coefficient (Wildman–Crippen LogP) is 1.23. The second kappa shape index (κ2) is 4.89. The molecule has 0 radical (unpaired) electrons. The molecular formula is C10H14N4O3S. The van der Waals surface area contributed by atoms with E-state index in [0.717, 1.165) is 17.8 Å². The van der Waals surface area contributed by atoms with Gasteiger partial charge in [0.25, 0.3) is 0 Å². The second-order valence-electron chi connectivity index (χ2n) is 4.17. The first-order valence-electron chi connectivity index (χ1n) is 5.71. The van der Waals surface area contributed by atoms with Crippen LogP contribution in [0.15, 0.2) is 0 Å². The average molecular weight is 270 g/mol. The van der Waals surface area contributed by atoms with Gasteiger partial charge in [0.05, 0.1) is 0 Å².